The van der Waals surface area contributed by atoms with Gasteiger partial charge in [-0.3, -0.25) is 4.90 Å². The largest absolute Gasteiger partial charge is 0.370 e. The van der Waals surface area contributed by atoms with Crippen molar-refractivity contribution in [1.82, 2.24) is 14.9 Å². The van der Waals surface area contributed by atoms with Crippen molar-refractivity contribution in [1.29, 1.82) is 0 Å². The Kier molecular flexibility index (Phi) is 4.53. The van der Waals surface area contributed by atoms with Crippen molar-refractivity contribution >= 4 is 5.82 Å². The third kappa shape index (κ3) is 3.67. The SMILES string of the molecule is CCCN(Cc1nc(C)cc(NCC)n1)C1CC1. The van der Waals surface area contributed by atoms with Gasteiger partial charge in [0.05, 0.1) is 6.54 Å². The van der Waals surface area contributed by atoms with Gasteiger partial charge in [-0.1, -0.05) is 6.92 Å². The Hall–Kier alpha value is -1.16. The van der Waals surface area contributed by atoms with Crippen LogP contribution < -0.4 is 5.32 Å². The molecule has 1 aromatic rings. The molecule has 18 heavy (non-hydrogen) atoms. The van der Waals surface area contributed by atoms with Crippen molar-refractivity contribution in [2.45, 2.75) is 52.6 Å². The first kappa shape index (κ1) is 13.3. The summed E-state index contributed by atoms with van der Waals surface area (Å²) < 4.78 is 0. The molecule has 0 bridgehead atoms. The Labute approximate surface area is 110 Å². The number of hydrogen-bond acceptors (Lipinski definition) is 4. The van der Waals surface area contributed by atoms with Gasteiger partial charge in [-0.2, -0.15) is 0 Å². The molecule has 4 nitrogen and oxygen atoms in total. The summed E-state index contributed by atoms with van der Waals surface area (Å²) in [4.78, 5) is 11.7. The molecule has 1 heterocycles. The van der Waals surface area contributed by atoms with Crippen LogP contribution in [-0.4, -0.2) is 34.0 Å². The van der Waals surface area contributed by atoms with E-state index in [-0.39, 0.29) is 0 Å². The second-order valence-corrected chi connectivity index (χ2v) is 5.04. The topological polar surface area (TPSA) is 41.1 Å². The summed E-state index contributed by atoms with van der Waals surface area (Å²) in [6.45, 7) is 9.29. The van der Waals surface area contributed by atoms with Gasteiger partial charge in [0.1, 0.15) is 11.6 Å². The average molecular weight is 248 g/mol. The van der Waals surface area contributed by atoms with Crippen molar-refractivity contribution in [3.05, 3.63) is 17.6 Å². The highest BCUT2D eigenvalue weighted by Gasteiger charge is 2.28. The molecule has 2 rings (SSSR count). The Balaban J connectivity index is 2.06. The minimum atomic E-state index is 0.775. The van der Waals surface area contributed by atoms with Crippen LogP contribution in [0.4, 0.5) is 5.82 Å². The molecule has 0 spiro atoms. The summed E-state index contributed by atoms with van der Waals surface area (Å²) in [6, 6.07) is 2.78. The Bertz CT molecular complexity index is 387. The van der Waals surface area contributed by atoms with Gasteiger partial charge in [-0.25, -0.2) is 9.97 Å². The molecular weight excluding hydrogens is 224 g/mol. The summed E-state index contributed by atoms with van der Waals surface area (Å²) in [5.74, 6) is 1.90. The molecule has 1 fully saturated rings. The zero-order valence-electron chi connectivity index (χ0n) is 11.7. The van der Waals surface area contributed by atoms with Crippen molar-refractivity contribution in [3.8, 4) is 0 Å². The van der Waals surface area contributed by atoms with Crippen LogP contribution in [0.25, 0.3) is 0 Å². The number of nitrogens with one attached hydrogen (secondary N) is 1. The molecule has 1 N–H and O–H groups in total. The Morgan fingerprint density at radius 1 is 1.33 bits per heavy atom. The molecule has 0 atom stereocenters. The van der Waals surface area contributed by atoms with E-state index in [4.69, 9.17) is 0 Å². The summed E-state index contributed by atoms with van der Waals surface area (Å²) >= 11 is 0. The molecule has 1 aliphatic rings. The molecule has 0 saturated heterocycles. The first-order valence-corrected chi connectivity index (χ1v) is 7.05. The van der Waals surface area contributed by atoms with Gasteiger partial charge in [-0.05, 0) is 39.7 Å². The molecule has 0 radical (unpaired) electrons. The second-order valence-electron chi connectivity index (χ2n) is 5.04. The fourth-order valence-electron chi connectivity index (χ4n) is 2.27. The molecule has 0 amide bonds. The van der Waals surface area contributed by atoms with Crippen LogP contribution in [0.15, 0.2) is 6.07 Å². The average Bonchev–Trinajstić information content (AvgIpc) is 3.12. The minimum Gasteiger partial charge on any atom is -0.370 e. The highest BCUT2D eigenvalue weighted by Crippen LogP contribution is 2.28. The first-order chi connectivity index (χ1) is 8.72. The van der Waals surface area contributed by atoms with Crippen LogP contribution in [-0.2, 0) is 6.54 Å². The Morgan fingerprint density at radius 2 is 2.11 bits per heavy atom. The highest BCUT2D eigenvalue weighted by molar-refractivity contribution is 5.35. The highest BCUT2D eigenvalue weighted by atomic mass is 15.2. The Morgan fingerprint density at radius 3 is 2.72 bits per heavy atom. The maximum atomic E-state index is 4.59. The smallest absolute Gasteiger partial charge is 0.144 e. The lowest BCUT2D eigenvalue weighted by Gasteiger charge is -2.20. The number of aromatic nitrogens is 2. The maximum absolute atomic E-state index is 4.59. The van der Waals surface area contributed by atoms with E-state index in [1.807, 2.05) is 13.0 Å². The molecule has 1 aromatic heterocycles. The van der Waals surface area contributed by atoms with E-state index < -0.39 is 0 Å². The van der Waals surface area contributed by atoms with Gasteiger partial charge in [0.25, 0.3) is 0 Å². The quantitative estimate of drug-likeness (QED) is 0.805. The van der Waals surface area contributed by atoms with Gasteiger partial charge in [-0.15, -0.1) is 0 Å². The van der Waals surface area contributed by atoms with E-state index in [0.717, 1.165) is 43.0 Å². The lowest BCUT2D eigenvalue weighted by molar-refractivity contribution is 0.249. The van der Waals surface area contributed by atoms with Crippen LogP contribution in [0.5, 0.6) is 0 Å². The third-order valence-electron chi connectivity index (χ3n) is 3.18. The predicted octanol–water partition coefficient (Wildman–Crippen LogP) is 2.59. The number of hydrogen-bond donors (Lipinski definition) is 1. The molecular formula is C14H24N4. The number of aryl methyl sites for hydroxylation is 1. The second kappa shape index (κ2) is 6.14. The van der Waals surface area contributed by atoms with Crippen molar-refractivity contribution in [3.63, 3.8) is 0 Å². The van der Waals surface area contributed by atoms with Crippen LogP contribution in [0.2, 0.25) is 0 Å². The van der Waals surface area contributed by atoms with E-state index in [0.29, 0.717) is 0 Å². The minimum absolute atomic E-state index is 0.775. The molecule has 4 heteroatoms. The van der Waals surface area contributed by atoms with Gasteiger partial charge in [0.2, 0.25) is 0 Å². The van der Waals surface area contributed by atoms with Crippen molar-refractivity contribution in [2.24, 2.45) is 0 Å². The summed E-state index contributed by atoms with van der Waals surface area (Å²) in [5, 5.41) is 3.27. The van der Waals surface area contributed by atoms with E-state index in [9.17, 15) is 0 Å². The molecule has 100 valence electrons. The number of rotatable bonds is 7. The number of anilines is 1. The van der Waals surface area contributed by atoms with Gasteiger partial charge < -0.3 is 5.32 Å². The van der Waals surface area contributed by atoms with Gasteiger partial charge in [0, 0.05) is 24.3 Å². The first-order valence-electron chi connectivity index (χ1n) is 7.05. The van der Waals surface area contributed by atoms with Crippen LogP contribution in [0.3, 0.4) is 0 Å². The lowest BCUT2D eigenvalue weighted by Crippen LogP contribution is -2.27. The van der Waals surface area contributed by atoms with Crippen LogP contribution in [0.1, 0.15) is 44.6 Å². The maximum Gasteiger partial charge on any atom is 0.144 e. The predicted molar refractivity (Wildman–Crippen MR) is 74.7 cm³/mol. The number of nitrogens with zero attached hydrogens (tertiary/aromatic N) is 3. The van der Waals surface area contributed by atoms with Gasteiger partial charge >= 0.3 is 0 Å². The third-order valence-corrected chi connectivity index (χ3v) is 3.18. The monoisotopic (exact) mass is 248 g/mol. The molecule has 0 aliphatic heterocycles. The van der Waals surface area contributed by atoms with Crippen molar-refractivity contribution in [2.75, 3.05) is 18.4 Å². The standard InChI is InChI=1S/C14H24N4/c1-4-8-18(12-6-7-12)10-14-16-11(3)9-13(17-14)15-5-2/h9,12H,4-8,10H2,1-3H3,(H,15,16,17). The van der Waals surface area contributed by atoms with Crippen LogP contribution >= 0.6 is 0 Å². The molecule has 1 saturated carbocycles. The van der Waals surface area contributed by atoms with E-state index in [1.54, 1.807) is 0 Å². The lowest BCUT2D eigenvalue weighted by atomic mass is 10.3. The molecule has 0 aromatic carbocycles. The van der Waals surface area contributed by atoms with E-state index in [2.05, 4.69) is 34.0 Å². The fourth-order valence-corrected chi connectivity index (χ4v) is 2.27. The normalized spacial score (nSPS) is 15.1. The van der Waals surface area contributed by atoms with Gasteiger partial charge in [0.15, 0.2) is 0 Å². The zero-order chi connectivity index (χ0) is 13.0. The van der Waals surface area contributed by atoms with Crippen molar-refractivity contribution < 1.29 is 0 Å². The summed E-state index contributed by atoms with van der Waals surface area (Å²) in [5.41, 5.74) is 1.04. The summed E-state index contributed by atoms with van der Waals surface area (Å²) in [6.07, 6.45) is 3.88. The van der Waals surface area contributed by atoms with E-state index in [1.165, 1.54) is 19.3 Å². The molecule has 0 unspecified atom stereocenters. The zero-order valence-corrected chi connectivity index (χ0v) is 11.7. The van der Waals surface area contributed by atoms with E-state index >= 15 is 0 Å². The molecule has 1 aliphatic carbocycles. The fraction of sp³-hybridized carbons (Fsp3) is 0.714. The summed E-state index contributed by atoms with van der Waals surface area (Å²) in [7, 11) is 0. The van der Waals surface area contributed by atoms with Crippen LogP contribution in [0, 0.1) is 6.92 Å².